The fourth-order valence-electron chi connectivity index (χ4n) is 4.98. The lowest BCUT2D eigenvalue weighted by molar-refractivity contribution is 0.573. The van der Waals surface area contributed by atoms with Gasteiger partial charge in [0.1, 0.15) is 0 Å². The van der Waals surface area contributed by atoms with Gasteiger partial charge in [0, 0.05) is 4.48 Å². The molecule has 0 unspecified atom stereocenters. The fourth-order valence-corrected chi connectivity index (χ4v) is 6.25. The van der Waals surface area contributed by atoms with Crippen molar-refractivity contribution in [2.24, 2.45) is 0 Å². The highest BCUT2D eigenvalue weighted by atomic mass is 79.9. The Morgan fingerprint density at radius 2 is 1.13 bits per heavy atom. The first-order chi connectivity index (χ1) is 13.9. The third kappa shape index (κ3) is 3.62. The minimum atomic E-state index is -0.103. The van der Waals surface area contributed by atoms with Gasteiger partial charge in [0.05, 0.1) is 5.41 Å². The highest BCUT2D eigenvalue weighted by Crippen LogP contribution is 2.58. The van der Waals surface area contributed by atoms with E-state index in [4.69, 9.17) is 0 Å². The van der Waals surface area contributed by atoms with E-state index in [1.165, 1.54) is 43.4 Å². The minimum absolute atomic E-state index is 0.103. The highest BCUT2D eigenvalue weighted by molar-refractivity contribution is 9.11. The molecule has 0 radical (unpaired) electrons. The maximum Gasteiger partial charge on any atom is 0.0526 e. The monoisotopic (exact) mass is 466 g/mol. The first-order valence-corrected chi connectivity index (χ1v) is 12.4. The molecule has 0 aromatic heterocycles. The molecule has 3 rings (SSSR count). The number of benzene rings is 2. The molecule has 0 amide bonds. The highest BCUT2D eigenvalue weighted by Gasteiger charge is 2.45. The Kier molecular flexibility index (Phi) is 6.20. The standard InChI is InChI=1S/C29H39Br/c1-10-19(11-2)26(30)29(12-3)24-17-20(27(4,5)6)13-15-22(24)23-16-14-21(18-25(23)29)28(7,8)9/h13-18H,10-12H2,1-9H3. The molecule has 0 saturated carbocycles. The molecule has 162 valence electrons. The van der Waals surface area contributed by atoms with Gasteiger partial charge in [-0.25, -0.2) is 0 Å². The van der Waals surface area contributed by atoms with Crippen LogP contribution >= 0.6 is 15.9 Å². The summed E-state index contributed by atoms with van der Waals surface area (Å²) in [6.07, 6.45) is 3.22. The predicted octanol–water partition coefficient (Wildman–Crippen LogP) is 9.43. The summed E-state index contributed by atoms with van der Waals surface area (Å²) < 4.78 is 1.39. The maximum atomic E-state index is 4.18. The van der Waals surface area contributed by atoms with Crippen molar-refractivity contribution in [3.8, 4) is 11.1 Å². The molecule has 0 atom stereocenters. The van der Waals surface area contributed by atoms with Crippen LogP contribution in [0.4, 0.5) is 0 Å². The van der Waals surface area contributed by atoms with Crippen molar-refractivity contribution in [1.29, 1.82) is 0 Å². The number of allylic oxidation sites excluding steroid dienone is 2. The molecule has 0 N–H and O–H groups in total. The van der Waals surface area contributed by atoms with Crippen LogP contribution in [-0.2, 0) is 16.2 Å². The van der Waals surface area contributed by atoms with Crippen molar-refractivity contribution < 1.29 is 0 Å². The van der Waals surface area contributed by atoms with Crippen molar-refractivity contribution in [3.05, 3.63) is 68.7 Å². The largest absolute Gasteiger partial charge is 0.0639 e. The molecule has 2 aromatic carbocycles. The van der Waals surface area contributed by atoms with E-state index < -0.39 is 0 Å². The lowest BCUT2D eigenvalue weighted by Gasteiger charge is -2.35. The van der Waals surface area contributed by atoms with Crippen molar-refractivity contribution >= 4 is 15.9 Å². The summed E-state index contributed by atoms with van der Waals surface area (Å²) in [4.78, 5) is 0. The third-order valence-electron chi connectivity index (χ3n) is 7.05. The molecule has 0 bridgehead atoms. The summed E-state index contributed by atoms with van der Waals surface area (Å²) in [6.45, 7) is 20.8. The van der Waals surface area contributed by atoms with E-state index in [0.717, 1.165) is 19.3 Å². The first-order valence-electron chi connectivity index (χ1n) is 11.6. The van der Waals surface area contributed by atoms with Crippen LogP contribution in [0.2, 0.25) is 0 Å². The van der Waals surface area contributed by atoms with Crippen molar-refractivity contribution in [1.82, 2.24) is 0 Å². The van der Waals surface area contributed by atoms with Crippen LogP contribution in [0, 0.1) is 0 Å². The molecule has 1 aliphatic rings. The zero-order chi connectivity index (χ0) is 22.5. The average molecular weight is 468 g/mol. The molecule has 0 spiro atoms. The van der Waals surface area contributed by atoms with Crippen LogP contribution in [0.15, 0.2) is 46.5 Å². The van der Waals surface area contributed by atoms with Crippen LogP contribution < -0.4 is 0 Å². The van der Waals surface area contributed by atoms with Gasteiger partial charge in [0.2, 0.25) is 0 Å². The molecule has 2 aromatic rings. The second-order valence-corrected chi connectivity index (χ2v) is 11.7. The van der Waals surface area contributed by atoms with Crippen LogP contribution in [0.1, 0.15) is 104 Å². The van der Waals surface area contributed by atoms with Gasteiger partial charge in [-0.15, -0.1) is 0 Å². The molecule has 0 heterocycles. The lowest BCUT2D eigenvalue weighted by atomic mass is 9.71. The minimum Gasteiger partial charge on any atom is -0.0639 e. The SMILES string of the molecule is CCC(CC)=C(Br)C1(CC)c2cc(C(C)(C)C)ccc2-c2ccc(C(C)(C)C)cc21. The molecular weight excluding hydrogens is 428 g/mol. The van der Waals surface area contributed by atoms with Crippen LogP contribution in [0.3, 0.4) is 0 Å². The van der Waals surface area contributed by atoms with Crippen molar-refractivity contribution in [3.63, 3.8) is 0 Å². The summed E-state index contributed by atoms with van der Waals surface area (Å²) in [5.41, 5.74) is 10.3. The summed E-state index contributed by atoms with van der Waals surface area (Å²) >= 11 is 4.18. The van der Waals surface area contributed by atoms with E-state index >= 15 is 0 Å². The average Bonchev–Trinajstić information content (AvgIpc) is 2.97. The molecule has 1 aliphatic carbocycles. The number of hydrogen-bond acceptors (Lipinski definition) is 0. The van der Waals surface area contributed by atoms with Gasteiger partial charge in [0.25, 0.3) is 0 Å². The van der Waals surface area contributed by atoms with Gasteiger partial charge in [-0.2, -0.15) is 0 Å². The Labute approximate surface area is 193 Å². The molecular formula is C29H39Br. The van der Waals surface area contributed by atoms with Crippen LogP contribution in [0.25, 0.3) is 11.1 Å². The summed E-state index contributed by atoms with van der Waals surface area (Å²) in [7, 11) is 0. The normalized spacial score (nSPS) is 15.0. The topological polar surface area (TPSA) is 0 Å². The van der Waals surface area contributed by atoms with E-state index in [1.807, 2.05) is 0 Å². The second-order valence-electron chi connectivity index (χ2n) is 10.9. The Bertz CT molecular complexity index is 907. The van der Waals surface area contributed by atoms with Crippen LogP contribution in [-0.4, -0.2) is 0 Å². The van der Waals surface area contributed by atoms with Crippen molar-refractivity contribution in [2.45, 2.75) is 97.8 Å². The number of fused-ring (bicyclic) bond motifs is 3. The Morgan fingerprint density at radius 1 is 0.733 bits per heavy atom. The van der Waals surface area contributed by atoms with Gasteiger partial charge < -0.3 is 0 Å². The van der Waals surface area contributed by atoms with Gasteiger partial charge in [0.15, 0.2) is 0 Å². The number of rotatable bonds is 4. The zero-order valence-electron chi connectivity index (χ0n) is 20.5. The fraction of sp³-hybridized carbons (Fsp3) is 0.517. The van der Waals surface area contributed by atoms with Gasteiger partial charge in [-0.05, 0) is 63.5 Å². The van der Waals surface area contributed by atoms with Gasteiger partial charge in [-0.1, -0.05) is 120 Å². The molecule has 0 saturated heterocycles. The van der Waals surface area contributed by atoms with E-state index in [1.54, 1.807) is 0 Å². The quantitative estimate of drug-likeness (QED) is 0.420. The predicted molar refractivity (Wildman–Crippen MR) is 137 cm³/mol. The van der Waals surface area contributed by atoms with Gasteiger partial charge >= 0.3 is 0 Å². The van der Waals surface area contributed by atoms with Crippen LogP contribution in [0.5, 0.6) is 0 Å². The summed E-state index contributed by atoms with van der Waals surface area (Å²) in [5.74, 6) is 0. The third-order valence-corrected chi connectivity index (χ3v) is 8.29. The smallest absolute Gasteiger partial charge is 0.0526 e. The number of halogens is 1. The van der Waals surface area contributed by atoms with Crippen molar-refractivity contribution in [2.75, 3.05) is 0 Å². The Hall–Kier alpha value is -1.34. The first kappa shape index (κ1) is 23.3. The lowest BCUT2D eigenvalue weighted by Crippen LogP contribution is -2.27. The molecule has 0 fully saturated rings. The zero-order valence-corrected chi connectivity index (χ0v) is 22.0. The van der Waals surface area contributed by atoms with E-state index in [0.29, 0.717) is 0 Å². The molecule has 1 heteroatoms. The molecule has 0 nitrogen and oxygen atoms in total. The molecule has 30 heavy (non-hydrogen) atoms. The Morgan fingerprint density at radius 3 is 1.43 bits per heavy atom. The molecule has 0 aliphatic heterocycles. The summed E-state index contributed by atoms with van der Waals surface area (Å²) in [5, 5.41) is 0. The van der Waals surface area contributed by atoms with E-state index in [2.05, 4.69) is 115 Å². The van der Waals surface area contributed by atoms with Gasteiger partial charge in [-0.3, -0.25) is 0 Å². The number of hydrogen-bond donors (Lipinski definition) is 0. The van der Waals surface area contributed by atoms with E-state index in [9.17, 15) is 0 Å². The van der Waals surface area contributed by atoms with E-state index in [-0.39, 0.29) is 16.2 Å². The second kappa shape index (κ2) is 7.97. The summed E-state index contributed by atoms with van der Waals surface area (Å²) in [6, 6.07) is 14.4. The Balaban J connectivity index is 2.45. The maximum absolute atomic E-state index is 4.18.